The first-order chi connectivity index (χ1) is 9.24. The zero-order valence-corrected chi connectivity index (χ0v) is 14.9. The minimum atomic E-state index is 0. The molecular formula is C14H24IN3O2. The van der Waals surface area contributed by atoms with Crippen molar-refractivity contribution in [1.29, 1.82) is 0 Å². The maximum absolute atomic E-state index is 5.29. The Bertz CT molecular complexity index is 425. The molecular weight excluding hydrogens is 369 g/mol. The molecule has 0 aliphatic heterocycles. The van der Waals surface area contributed by atoms with Crippen molar-refractivity contribution in [3.63, 3.8) is 0 Å². The van der Waals surface area contributed by atoms with Gasteiger partial charge in [0.25, 0.3) is 0 Å². The number of aryl methyl sites for hydroxylation is 1. The molecule has 0 aromatic heterocycles. The van der Waals surface area contributed by atoms with Crippen LogP contribution in [0.1, 0.15) is 12.0 Å². The van der Waals surface area contributed by atoms with E-state index in [4.69, 9.17) is 9.47 Å². The summed E-state index contributed by atoms with van der Waals surface area (Å²) in [6.45, 7) is 0.877. The van der Waals surface area contributed by atoms with Gasteiger partial charge in [-0.25, -0.2) is 0 Å². The molecule has 0 radical (unpaired) electrons. The van der Waals surface area contributed by atoms with Crippen molar-refractivity contribution >= 4 is 29.9 Å². The van der Waals surface area contributed by atoms with Gasteiger partial charge in [-0.05, 0) is 30.5 Å². The molecule has 114 valence electrons. The van der Waals surface area contributed by atoms with Crippen molar-refractivity contribution in [2.45, 2.75) is 12.8 Å². The van der Waals surface area contributed by atoms with Crippen molar-refractivity contribution < 1.29 is 9.47 Å². The quantitative estimate of drug-likeness (QED) is 0.336. The van der Waals surface area contributed by atoms with Crippen molar-refractivity contribution in [3.8, 4) is 11.5 Å². The average Bonchev–Trinajstić information content (AvgIpc) is 2.47. The predicted molar refractivity (Wildman–Crippen MR) is 93.7 cm³/mol. The van der Waals surface area contributed by atoms with Gasteiger partial charge in [0.1, 0.15) is 0 Å². The molecule has 0 amide bonds. The maximum Gasteiger partial charge on any atom is 0.190 e. The zero-order valence-electron chi connectivity index (χ0n) is 12.5. The summed E-state index contributed by atoms with van der Waals surface area (Å²) in [5, 5.41) is 6.21. The SMILES string of the molecule is CN=C(NC)NCCCc1ccc(OC)c(OC)c1.I. The minimum absolute atomic E-state index is 0. The number of aliphatic imine (C=N–C) groups is 1. The summed E-state index contributed by atoms with van der Waals surface area (Å²) in [6, 6.07) is 6.02. The first-order valence-corrected chi connectivity index (χ1v) is 6.34. The number of nitrogens with one attached hydrogen (secondary N) is 2. The third kappa shape index (κ3) is 5.85. The third-order valence-electron chi connectivity index (χ3n) is 2.84. The molecule has 0 bridgehead atoms. The Kier molecular flexibility index (Phi) is 9.96. The fourth-order valence-corrected chi connectivity index (χ4v) is 1.81. The topological polar surface area (TPSA) is 54.9 Å². The van der Waals surface area contributed by atoms with E-state index in [1.165, 1.54) is 5.56 Å². The predicted octanol–water partition coefficient (Wildman–Crippen LogP) is 2.05. The number of benzene rings is 1. The lowest BCUT2D eigenvalue weighted by Crippen LogP contribution is -2.35. The van der Waals surface area contributed by atoms with Crippen LogP contribution >= 0.6 is 24.0 Å². The van der Waals surface area contributed by atoms with E-state index in [0.29, 0.717) is 0 Å². The van der Waals surface area contributed by atoms with Crippen molar-refractivity contribution in [1.82, 2.24) is 10.6 Å². The molecule has 0 atom stereocenters. The van der Waals surface area contributed by atoms with Crippen LogP contribution in [0, 0.1) is 0 Å². The molecule has 0 unspecified atom stereocenters. The van der Waals surface area contributed by atoms with Crippen molar-refractivity contribution in [2.24, 2.45) is 4.99 Å². The monoisotopic (exact) mass is 393 g/mol. The molecule has 2 N–H and O–H groups in total. The average molecular weight is 393 g/mol. The second-order valence-electron chi connectivity index (χ2n) is 4.04. The second-order valence-corrected chi connectivity index (χ2v) is 4.04. The van der Waals surface area contributed by atoms with Crippen LogP contribution in [-0.4, -0.2) is 40.8 Å². The molecule has 1 aromatic carbocycles. The molecule has 0 fully saturated rings. The molecule has 0 aliphatic carbocycles. The molecule has 6 heteroatoms. The normalized spacial score (nSPS) is 10.5. The Hall–Kier alpha value is -1.18. The summed E-state index contributed by atoms with van der Waals surface area (Å²) < 4.78 is 10.5. The first kappa shape index (κ1) is 18.8. The number of hydrogen-bond acceptors (Lipinski definition) is 3. The fraction of sp³-hybridized carbons (Fsp3) is 0.500. The lowest BCUT2D eigenvalue weighted by molar-refractivity contribution is 0.354. The second kappa shape index (κ2) is 10.6. The van der Waals surface area contributed by atoms with Gasteiger partial charge in [0.15, 0.2) is 17.5 Å². The van der Waals surface area contributed by atoms with Crippen LogP contribution in [0.5, 0.6) is 11.5 Å². The van der Waals surface area contributed by atoms with Gasteiger partial charge in [-0.15, -0.1) is 24.0 Å². The zero-order chi connectivity index (χ0) is 14.1. The van der Waals surface area contributed by atoms with E-state index in [1.54, 1.807) is 21.3 Å². The van der Waals surface area contributed by atoms with Gasteiger partial charge in [0, 0.05) is 20.6 Å². The van der Waals surface area contributed by atoms with Crippen LogP contribution < -0.4 is 20.1 Å². The number of guanidine groups is 1. The van der Waals surface area contributed by atoms with Gasteiger partial charge >= 0.3 is 0 Å². The fourth-order valence-electron chi connectivity index (χ4n) is 1.81. The molecule has 1 rings (SSSR count). The minimum Gasteiger partial charge on any atom is -0.493 e. The smallest absolute Gasteiger partial charge is 0.190 e. The molecule has 0 saturated heterocycles. The largest absolute Gasteiger partial charge is 0.493 e. The number of hydrogen-bond donors (Lipinski definition) is 2. The van der Waals surface area contributed by atoms with Gasteiger partial charge in [0.2, 0.25) is 0 Å². The van der Waals surface area contributed by atoms with Crippen LogP contribution in [0.2, 0.25) is 0 Å². The number of halogens is 1. The highest BCUT2D eigenvalue weighted by molar-refractivity contribution is 14.0. The Morgan fingerprint density at radius 2 is 1.90 bits per heavy atom. The molecule has 0 saturated carbocycles. The number of ether oxygens (including phenoxy) is 2. The molecule has 5 nitrogen and oxygen atoms in total. The van der Waals surface area contributed by atoms with E-state index in [-0.39, 0.29) is 24.0 Å². The van der Waals surface area contributed by atoms with Crippen LogP contribution in [-0.2, 0) is 6.42 Å². The third-order valence-corrected chi connectivity index (χ3v) is 2.84. The van der Waals surface area contributed by atoms with Gasteiger partial charge in [-0.1, -0.05) is 6.07 Å². The standard InChI is InChI=1S/C14H23N3O2.HI/c1-15-14(16-2)17-9-5-6-11-7-8-12(18-3)13(10-11)19-4;/h7-8,10H,5-6,9H2,1-4H3,(H2,15,16,17);1H. The summed E-state index contributed by atoms with van der Waals surface area (Å²) in [5.74, 6) is 2.35. The van der Waals surface area contributed by atoms with Crippen LogP contribution in [0.3, 0.4) is 0 Å². The molecule has 0 heterocycles. The lowest BCUT2D eigenvalue weighted by atomic mass is 10.1. The lowest BCUT2D eigenvalue weighted by Gasteiger charge is -2.10. The Morgan fingerprint density at radius 3 is 2.45 bits per heavy atom. The van der Waals surface area contributed by atoms with E-state index in [1.807, 2.05) is 19.2 Å². The van der Waals surface area contributed by atoms with Crippen LogP contribution in [0.4, 0.5) is 0 Å². The summed E-state index contributed by atoms with van der Waals surface area (Å²) in [7, 11) is 6.90. The highest BCUT2D eigenvalue weighted by Gasteiger charge is 2.04. The highest BCUT2D eigenvalue weighted by atomic mass is 127. The molecule has 1 aromatic rings. The van der Waals surface area contributed by atoms with Crippen LogP contribution in [0.15, 0.2) is 23.2 Å². The number of rotatable bonds is 6. The molecule has 20 heavy (non-hydrogen) atoms. The maximum atomic E-state index is 5.29. The van der Waals surface area contributed by atoms with Gasteiger partial charge in [0.05, 0.1) is 14.2 Å². The van der Waals surface area contributed by atoms with Gasteiger partial charge in [-0.3, -0.25) is 4.99 Å². The van der Waals surface area contributed by atoms with E-state index in [2.05, 4.69) is 21.7 Å². The van der Waals surface area contributed by atoms with E-state index in [9.17, 15) is 0 Å². The number of methoxy groups -OCH3 is 2. The number of nitrogens with zero attached hydrogens (tertiary/aromatic N) is 1. The van der Waals surface area contributed by atoms with Gasteiger partial charge in [-0.2, -0.15) is 0 Å². The summed E-state index contributed by atoms with van der Waals surface area (Å²) in [6.07, 6.45) is 2.00. The van der Waals surface area contributed by atoms with Crippen molar-refractivity contribution in [2.75, 3.05) is 34.9 Å². The van der Waals surface area contributed by atoms with E-state index in [0.717, 1.165) is 36.8 Å². The summed E-state index contributed by atoms with van der Waals surface area (Å²) in [4.78, 5) is 4.06. The van der Waals surface area contributed by atoms with Crippen molar-refractivity contribution in [3.05, 3.63) is 23.8 Å². The molecule has 0 spiro atoms. The molecule has 0 aliphatic rings. The van der Waals surface area contributed by atoms with Crippen LogP contribution in [0.25, 0.3) is 0 Å². The van der Waals surface area contributed by atoms with E-state index < -0.39 is 0 Å². The first-order valence-electron chi connectivity index (χ1n) is 6.34. The summed E-state index contributed by atoms with van der Waals surface area (Å²) >= 11 is 0. The van der Waals surface area contributed by atoms with Gasteiger partial charge < -0.3 is 20.1 Å². The summed E-state index contributed by atoms with van der Waals surface area (Å²) in [5.41, 5.74) is 1.24. The van der Waals surface area contributed by atoms with E-state index >= 15 is 0 Å². The Balaban J connectivity index is 0.00000361. The Morgan fingerprint density at radius 1 is 1.20 bits per heavy atom. The Labute approximate surface area is 138 Å². The highest BCUT2D eigenvalue weighted by Crippen LogP contribution is 2.27.